The van der Waals surface area contributed by atoms with Crippen LogP contribution in [0.25, 0.3) is 10.3 Å². The highest BCUT2D eigenvalue weighted by Crippen LogP contribution is 2.30. The van der Waals surface area contributed by atoms with Gasteiger partial charge in [0.25, 0.3) is 0 Å². The van der Waals surface area contributed by atoms with Crippen molar-refractivity contribution < 1.29 is 9.18 Å². The molecule has 2 N–H and O–H groups in total. The molecule has 0 atom stereocenters. The van der Waals surface area contributed by atoms with E-state index in [4.69, 9.17) is 11.6 Å². The monoisotopic (exact) mass is 448 g/mol. The Morgan fingerprint density at radius 3 is 2.83 bits per heavy atom. The van der Waals surface area contributed by atoms with Gasteiger partial charge < -0.3 is 15.1 Å². The maximum atomic E-state index is 14.2. The second-order valence-electron chi connectivity index (χ2n) is 7.10. The topological polar surface area (TPSA) is 73.4 Å². The number of hydrogen-bond acceptors (Lipinski definition) is 6. The van der Waals surface area contributed by atoms with Gasteiger partial charge in [-0.2, -0.15) is 0 Å². The Labute approximate surface area is 182 Å². The fourth-order valence-corrected chi connectivity index (χ4v) is 4.39. The minimum absolute atomic E-state index is 0.283. The van der Waals surface area contributed by atoms with E-state index in [1.807, 2.05) is 0 Å². The first-order valence-electron chi connectivity index (χ1n) is 9.73. The number of aromatic nitrogens is 2. The molecule has 158 valence electrons. The lowest BCUT2D eigenvalue weighted by Crippen LogP contribution is -2.35. The first-order valence-corrected chi connectivity index (χ1v) is 10.9. The Morgan fingerprint density at radius 2 is 2.07 bits per heavy atom. The first kappa shape index (κ1) is 20.8. The van der Waals surface area contributed by atoms with E-state index in [-0.39, 0.29) is 6.03 Å². The molecule has 0 radical (unpaired) electrons. The molecule has 1 aliphatic heterocycles. The molecule has 1 aromatic carbocycles. The quantitative estimate of drug-likeness (QED) is 0.582. The average Bonchev–Trinajstić information content (AvgIpc) is 3.36. The zero-order valence-electron chi connectivity index (χ0n) is 16.5. The molecular weight excluding hydrogens is 427 g/mol. The van der Waals surface area contributed by atoms with Crippen molar-refractivity contribution in [1.82, 2.24) is 20.2 Å². The zero-order chi connectivity index (χ0) is 21.1. The summed E-state index contributed by atoms with van der Waals surface area (Å²) in [6, 6.07) is 7.78. The lowest BCUT2D eigenvalue weighted by Gasteiger charge is -2.18. The number of fused-ring (bicyclic) bond motifs is 1. The van der Waals surface area contributed by atoms with Crippen LogP contribution < -0.4 is 15.5 Å². The summed E-state index contributed by atoms with van der Waals surface area (Å²) >= 11 is 7.10. The fourth-order valence-electron chi connectivity index (χ4n) is 3.40. The van der Waals surface area contributed by atoms with E-state index in [1.165, 1.54) is 30.2 Å². The van der Waals surface area contributed by atoms with Crippen molar-refractivity contribution in [1.29, 1.82) is 0 Å². The smallest absolute Gasteiger partial charge is 0.321 e. The van der Waals surface area contributed by atoms with Gasteiger partial charge in [0.05, 0.1) is 5.69 Å². The Hall–Kier alpha value is -2.49. The molecule has 1 saturated heterocycles. The minimum Gasteiger partial charge on any atom is -0.337 e. The zero-order valence-corrected chi connectivity index (χ0v) is 18.1. The van der Waals surface area contributed by atoms with E-state index in [1.54, 1.807) is 36.2 Å². The van der Waals surface area contributed by atoms with E-state index in [9.17, 15) is 9.18 Å². The van der Waals surface area contributed by atoms with E-state index in [2.05, 4.69) is 25.5 Å². The number of carbonyl (C=O) groups excluding carboxylic acids is 1. The number of halogens is 2. The third-order valence-electron chi connectivity index (χ3n) is 4.99. The summed E-state index contributed by atoms with van der Waals surface area (Å²) in [5.41, 5.74) is 1.03. The first-order chi connectivity index (χ1) is 14.5. The number of likely N-dealkylation sites (tertiary alicyclic amines) is 1. The Bertz CT molecular complexity index is 1050. The molecule has 0 unspecified atom stereocenters. The fraction of sp³-hybridized carbons (Fsp3) is 0.350. The molecular formula is C20H22ClFN6OS. The molecule has 3 aromatic rings. The van der Waals surface area contributed by atoms with E-state index in [0.29, 0.717) is 38.6 Å². The van der Waals surface area contributed by atoms with Gasteiger partial charge in [0.1, 0.15) is 22.0 Å². The number of nitrogens with zero attached hydrogens (tertiary/aromatic N) is 4. The molecule has 1 aliphatic rings. The molecule has 4 rings (SSSR count). The highest BCUT2D eigenvalue weighted by atomic mass is 35.5. The van der Waals surface area contributed by atoms with Gasteiger partial charge in [-0.05, 0) is 56.3 Å². The van der Waals surface area contributed by atoms with Crippen molar-refractivity contribution in [2.75, 3.05) is 43.4 Å². The Kier molecular flexibility index (Phi) is 6.31. The van der Waals surface area contributed by atoms with Crippen LogP contribution >= 0.6 is 22.9 Å². The maximum Gasteiger partial charge on any atom is 0.321 e. The van der Waals surface area contributed by atoms with Gasteiger partial charge in [0.2, 0.25) is 0 Å². The van der Waals surface area contributed by atoms with Crippen LogP contribution in [0.5, 0.6) is 0 Å². The van der Waals surface area contributed by atoms with Gasteiger partial charge in [-0.25, -0.2) is 19.2 Å². The highest BCUT2D eigenvalue weighted by molar-refractivity contribution is 7.22. The van der Waals surface area contributed by atoms with Crippen LogP contribution in [0, 0.1) is 5.82 Å². The van der Waals surface area contributed by atoms with E-state index in [0.717, 1.165) is 19.6 Å². The van der Waals surface area contributed by atoms with Gasteiger partial charge in [-0.1, -0.05) is 22.9 Å². The van der Waals surface area contributed by atoms with Crippen molar-refractivity contribution in [2.45, 2.75) is 12.8 Å². The molecule has 2 aromatic heterocycles. The average molecular weight is 449 g/mol. The van der Waals surface area contributed by atoms with Crippen molar-refractivity contribution in [2.24, 2.45) is 0 Å². The number of urea groups is 1. The lowest BCUT2D eigenvalue weighted by atomic mass is 10.2. The summed E-state index contributed by atoms with van der Waals surface area (Å²) in [5, 5.41) is 6.43. The number of anilines is 3. The number of amides is 2. The molecule has 1 fully saturated rings. The minimum atomic E-state index is -0.427. The summed E-state index contributed by atoms with van der Waals surface area (Å²) < 4.78 is 14.2. The number of pyridine rings is 1. The molecule has 0 saturated carbocycles. The lowest BCUT2D eigenvalue weighted by molar-refractivity contribution is 0.249. The van der Waals surface area contributed by atoms with Crippen LogP contribution in [-0.2, 0) is 0 Å². The Morgan fingerprint density at radius 1 is 1.27 bits per heavy atom. The van der Waals surface area contributed by atoms with Crippen molar-refractivity contribution in [3.8, 4) is 0 Å². The SMILES string of the molecule is CN(c1ccc2nc(NC(=O)NCCN3CCCC3)sc2n1)c1ccc(Cl)cc1F. The molecule has 2 amide bonds. The van der Waals surface area contributed by atoms with Crippen LogP contribution in [0.4, 0.5) is 25.8 Å². The van der Waals surface area contributed by atoms with Gasteiger partial charge in [-0.15, -0.1) is 0 Å². The highest BCUT2D eigenvalue weighted by Gasteiger charge is 2.15. The van der Waals surface area contributed by atoms with Crippen LogP contribution in [0.1, 0.15) is 12.8 Å². The number of thiazole rings is 1. The molecule has 3 heterocycles. The van der Waals surface area contributed by atoms with Crippen LogP contribution in [-0.4, -0.2) is 54.1 Å². The van der Waals surface area contributed by atoms with Gasteiger partial charge >= 0.3 is 6.03 Å². The third kappa shape index (κ3) is 4.80. The summed E-state index contributed by atoms with van der Waals surface area (Å²) in [6.07, 6.45) is 2.46. The molecule has 0 bridgehead atoms. The van der Waals surface area contributed by atoms with Gasteiger partial charge in [0, 0.05) is 25.2 Å². The largest absolute Gasteiger partial charge is 0.337 e. The second kappa shape index (κ2) is 9.11. The summed E-state index contributed by atoms with van der Waals surface area (Å²) in [4.78, 5) is 25.7. The second-order valence-corrected chi connectivity index (χ2v) is 8.51. The standard InChI is InChI=1S/C20H22ClFN6OS/c1-27(16-6-4-13(21)12-14(16)22)17-7-5-15-18(25-17)30-20(24-15)26-19(29)23-8-11-28-9-2-3-10-28/h4-7,12H,2-3,8-11H2,1H3,(H2,23,24,26,29). The number of benzene rings is 1. The Balaban J connectivity index is 1.41. The number of rotatable bonds is 6. The molecule has 10 heteroatoms. The number of nitrogens with one attached hydrogen (secondary N) is 2. The summed E-state index contributed by atoms with van der Waals surface area (Å²) in [6.45, 7) is 3.65. The van der Waals surface area contributed by atoms with Crippen LogP contribution in [0.15, 0.2) is 30.3 Å². The van der Waals surface area contributed by atoms with Crippen LogP contribution in [0.3, 0.4) is 0 Å². The van der Waals surface area contributed by atoms with Crippen molar-refractivity contribution in [3.63, 3.8) is 0 Å². The number of carbonyl (C=O) groups is 1. The van der Waals surface area contributed by atoms with Crippen LogP contribution in [0.2, 0.25) is 5.02 Å². The number of hydrogen-bond donors (Lipinski definition) is 2. The third-order valence-corrected chi connectivity index (χ3v) is 6.10. The van der Waals surface area contributed by atoms with E-state index >= 15 is 0 Å². The molecule has 0 spiro atoms. The predicted molar refractivity (Wildman–Crippen MR) is 120 cm³/mol. The van der Waals surface area contributed by atoms with E-state index < -0.39 is 5.82 Å². The summed E-state index contributed by atoms with van der Waals surface area (Å²) in [7, 11) is 1.73. The predicted octanol–water partition coefficient (Wildman–Crippen LogP) is 4.47. The molecule has 30 heavy (non-hydrogen) atoms. The molecule has 7 nitrogen and oxygen atoms in total. The van der Waals surface area contributed by atoms with Gasteiger partial charge in [0.15, 0.2) is 5.13 Å². The molecule has 0 aliphatic carbocycles. The van der Waals surface area contributed by atoms with Gasteiger partial charge in [-0.3, -0.25) is 5.32 Å². The normalized spacial score (nSPS) is 14.2. The van der Waals surface area contributed by atoms with Crippen molar-refractivity contribution >= 4 is 56.0 Å². The maximum absolute atomic E-state index is 14.2. The summed E-state index contributed by atoms with van der Waals surface area (Å²) in [5.74, 6) is 0.137. The van der Waals surface area contributed by atoms with Crippen molar-refractivity contribution in [3.05, 3.63) is 41.2 Å².